The number of amides is 1. The van der Waals surface area contributed by atoms with Crippen LogP contribution in [0, 0.1) is 0 Å². The Morgan fingerprint density at radius 3 is 2.09 bits per heavy atom. The molecule has 178 valence electrons. The highest BCUT2D eigenvalue weighted by Crippen LogP contribution is 2.42. The van der Waals surface area contributed by atoms with Gasteiger partial charge in [0.15, 0.2) is 23.0 Å². The lowest BCUT2D eigenvalue weighted by Gasteiger charge is -2.35. The van der Waals surface area contributed by atoms with Crippen LogP contribution in [0.4, 0.5) is 0 Å². The predicted octanol–water partition coefficient (Wildman–Crippen LogP) is 2.92. The van der Waals surface area contributed by atoms with Crippen LogP contribution < -0.4 is 18.9 Å². The number of hydrogen-bond acceptors (Lipinski definition) is 6. The molecule has 0 N–H and O–H groups in total. The van der Waals surface area contributed by atoms with Crippen LogP contribution in [0.1, 0.15) is 28.2 Å². The molecule has 0 bridgehead atoms. The molecule has 0 spiro atoms. The number of ether oxygens (including phenoxy) is 4. The van der Waals surface area contributed by atoms with Crippen molar-refractivity contribution in [3.05, 3.63) is 46.5 Å². The first-order valence-electron chi connectivity index (χ1n) is 11.4. The number of nitrogens with zero attached hydrogens (tertiary/aromatic N) is 2. The molecule has 0 radical (unpaired) electrons. The van der Waals surface area contributed by atoms with Crippen LogP contribution in [0.5, 0.6) is 23.0 Å². The van der Waals surface area contributed by atoms with Crippen molar-refractivity contribution in [2.45, 2.75) is 25.2 Å². The van der Waals surface area contributed by atoms with E-state index in [4.69, 9.17) is 18.9 Å². The van der Waals surface area contributed by atoms with E-state index in [0.717, 1.165) is 61.6 Å². The summed E-state index contributed by atoms with van der Waals surface area (Å²) < 4.78 is 21.7. The summed E-state index contributed by atoms with van der Waals surface area (Å²) in [6.45, 7) is 3.24. The fraction of sp³-hybridized carbons (Fsp3) is 0.500. The van der Waals surface area contributed by atoms with Gasteiger partial charge < -0.3 is 28.7 Å². The van der Waals surface area contributed by atoms with Gasteiger partial charge in [0.05, 0.1) is 34.9 Å². The van der Waals surface area contributed by atoms with Crippen LogP contribution in [0.3, 0.4) is 0 Å². The summed E-state index contributed by atoms with van der Waals surface area (Å²) in [5.74, 6) is 3.61. The summed E-state index contributed by atoms with van der Waals surface area (Å²) in [4.78, 5) is 17.2. The third kappa shape index (κ3) is 4.74. The second-order valence-corrected chi connectivity index (χ2v) is 8.85. The van der Waals surface area contributed by atoms with E-state index in [-0.39, 0.29) is 5.91 Å². The highest BCUT2D eigenvalue weighted by atomic mass is 16.5. The van der Waals surface area contributed by atoms with E-state index in [9.17, 15) is 4.79 Å². The molecule has 1 atom stereocenters. The minimum absolute atomic E-state index is 0.167. The highest BCUT2D eigenvalue weighted by Gasteiger charge is 2.30. The largest absolute Gasteiger partial charge is 0.493 e. The smallest absolute Gasteiger partial charge is 0.227 e. The minimum Gasteiger partial charge on any atom is -0.493 e. The number of methoxy groups -OCH3 is 4. The number of benzene rings is 2. The molecular weight excluding hydrogens is 420 g/mol. The summed E-state index contributed by atoms with van der Waals surface area (Å²) in [6, 6.07) is 8.14. The Labute approximate surface area is 196 Å². The number of rotatable bonds is 9. The molecule has 4 rings (SSSR count). The summed E-state index contributed by atoms with van der Waals surface area (Å²) in [5, 5.41) is 0. The number of likely N-dealkylation sites (N-methyl/N-ethyl adjacent to an activating group) is 1. The van der Waals surface area contributed by atoms with Crippen molar-refractivity contribution >= 4 is 5.91 Å². The van der Waals surface area contributed by atoms with Gasteiger partial charge in [0, 0.05) is 32.1 Å². The summed E-state index contributed by atoms with van der Waals surface area (Å²) in [6.07, 6.45) is 2.27. The first-order chi connectivity index (χ1) is 16.0. The molecule has 2 aromatic rings. The van der Waals surface area contributed by atoms with E-state index >= 15 is 0 Å². The van der Waals surface area contributed by atoms with Crippen LogP contribution in [0.25, 0.3) is 0 Å². The standard InChI is InChI=1S/C26H34N2O5/c1-27(16-20-10-19-13-24(32-4)25(33-5)15-21(19)20)8-9-28-7-6-17-11-22(30-2)23(31-3)12-18(17)14-26(28)29/h11-13,15,20H,6-10,14,16H2,1-5H3. The molecule has 1 aliphatic heterocycles. The monoisotopic (exact) mass is 454 g/mol. The number of carbonyl (C=O) groups excluding carboxylic acids is 1. The molecule has 1 unspecified atom stereocenters. The van der Waals surface area contributed by atoms with Gasteiger partial charge in [-0.1, -0.05) is 0 Å². The van der Waals surface area contributed by atoms with Gasteiger partial charge in [-0.3, -0.25) is 4.79 Å². The molecular formula is C26H34N2O5. The SMILES string of the molecule is COc1cc2c(cc1OC)CC(=O)N(CCN(C)CC1Cc3cc(OC)c(OC)cc31)CC2. The van der Waals surface area contributed by atoms with Crippen LogP contribution in [-0.4, -0.2) is 77.4 Å². The highest BCUT2D eigenvalue weighted by molar-refractivity contribution is 5.80. The third-order valence-electron chi connectivity index (χ3n) is 6.89. The van der Waals surface area contributed by atoms with E-state index in [1.165, 1.54) is 11.1 Å². The normalized spacial score (nSPS) is 17.1. The third-order valence-corrected chi connectivity index (χ3v) is 6.89. The Morgan fingerprint density at radius 2 is 1.45 bits per heavy atom. The second-order valence-electron chi connectivity index (χ2n) is 8.85. The average molecular weight is 455 g/mol. The summed E-state index contributed by atoms with van der Waals surface area (Å²) >= 11 is 0. The molecule has 7 heteroatoms. The van der Waals surface area contributed by atoms with E-state index in [0.29, 0.717) is 23.8 Å². The summed E-state index contributed by atoms with van der Waals surface area (Å²) in [5.41, 5.74) is 4.86. The Morgan fingerprint density at radius 1 is 0.879 bits per heavy atom. The fourth-order valence-corrected chi connectivity index (χ4v) is 4.91. The number of carbonyl (C=O) groups is 1. The van der Waals surface area contributed by atoms with Crippen LogP contribution in [-0.2, 0) is 24.1 Å². The van der Waals surface area contributed by atoms with Crippen molar-refractivity contribution in [2.75, 3.05) is 61.7 Å². The maximum absolute atomic E-state index is 12.9. The van der Waals surface area contributed by atoms with Crippen molar-refractivity contribution < 1.29 is 23.7 Å². The van der Waals surface area contributed by atoms with Gasteiger partial charge in [0.2, 0.25) is 5.91 Å². The van der Waals surface area contributed by atoms with E-state index in [2.05, 4.69) is 24.1 Å². The lowest BCUT2D eigenvalue weighted by molar-refractivity contribution is -0.130. The Hall–Kier alpha value is -2.93. The fourth-order valence-electron chi connectivity index (χ4n) is 4.91. The predicted molar refractivity (Wildman–Crippen MR) is 127 cm³/mol. The Kier molecular flexibility index (Phi) is 6.98. The molecule has 2 aromatic carbocycles. The molecule has 0 fully saturated rings. The van der Waals surface area contributed by atoms with Crippen LogP contribution >= 0.6 is 0 Å². The van der Waals surface area contributed by atoms with Gasteiger partial charge in [-0.25, -0.2) is 0 Å². The molecule has 0 aromatic heterocycles. The van der Waals surface area contributed by atoms with E-state index in [1.54, 1.807) is 28.4 Å². The topological polar surface area (TPSA) is 60.5 Å². The zero-order chi connectivity index (χ0) is 23.5. The first-order valence-corrected chi connectivity index (χ1v) is 11.4. The summed E-state index contributed by atoms with van der Waals surface area (Å²) in [7, 11) is 8.74. The molecule has 7 nitrogen and oxygen atoms in total. The van der Waals surface area contributed by atoms with Crippen molar-refractivity contribution in [1.82, 2.24) is 9.80 Å². The Bertz CT molecular complexity index is 1020. The molecule has 1 aliphatic carbocycles. The number of hydrogen-bond donors (Lipinski definition) is 0. The van der Waals surface area contributed by atoms with Gasteiger partial charge in [-0.15, -0.1) is 0 Å². The second kappa shape index (κ2) is 9.91. The molecule has 1 amide bonds. The number of fused-ring (bicyclic) bond motifs is 2. The van der Waals surface area contributed by atoms with Gasteiger partial charge in [-0.05, 0) is 66.4 Å². The van der Waals surface area contributed by atoms with Crippen molar-refractivity contribution in [3.8, 4) is 23.0 Å². The quantitative estimate of drug-likeness (QED) is 0.581. The van der Waals surface area contributed by atoms with Crippen molar-refractivity contribution in [2.24, 2.45) is 0 Å². The molecule has 1 heterocycles. The molecule has 33 heavy (non-hydrogen) atoms. The lowest BCUT2D eigenvalue weighted by Crippen LogP contribution is -2.40. The maximum Gasteiger partial charge on any atom is 0.227 e. The van der Waals surface area contributed by atoms with Crippen LogP contribution in [0.2, 0.25) is 0 Å². The lowest BCUT2D eigenvalue weighted by atomic mass is 9.77. The first kappa shape index (κ1) is 23.2. The zero-order valence-electron chi connectivity index (χ0n) is 20.3. The van der Waals surface area contributed by atoms with Crippen LogP contribution in [0.15, 0.2) is 24.3 Å². The van der Waals surface area contributed by atoms with E-state index in [1.807, 2.05) is 17.0 Å². The minimum atomic E-state index is 0.167. The molecule has 0 saturated carbocycles. The van der Waals surface area contributed by atoms with E-state index < -0.39 is 0 Å². The maximum atomic E-state index is 12.9. The molecule has 2 aliphatic rings. The van der Waals surface area contributed by atoms with Crippen molar-refractivity contribution in [3.63, 3.8) is 0 Å². The van der Waals surface area contributed by atoms with Gasteiger partial charge in [0.25, 0.3) is 0 Å². The Balaban J connectivity index is 1.33. The van der Waals surface area contributed by atoms with Gasteiger partial charge in [0.1, 0.15) is 0 Å². The van der Waals surface area contributed by atoms with Crippen molar-refractivity contribution in [1.29, 1.82) is 0 Å². The average Bonchev–Trinajstić information content (AvgIpc) is 2.97. The van der Waals surface area contributed by atoms with Gasteiger partial charge in [-0.2, -0.15) is 0 Å². The van der Waals surface area contributed by atoms with Gasteiger partial charge >= 0.3 is 0 Å². The molecule has 0 saturated heterocycles. The zero-order valence-corrected chi connectivity index (χ0v) is 20.3.